The monoisotopic (exact) mass is 275 g/mol. The summed E-state index contributed by atoms with van der Waals surface area (Å²) in [5.74, 6) is 1.47. The number of amides is 1. The smallest absolute Gasteiger partial charge is 0.272 e. The molecule has 2 atom stereocenters. The Bertz CT molecular complexity index is 534. The van der Waals surface area contributed by atoms with Crippen molar-refractivity contribution in [2.24, 2.45) is 17.3 Å². The summed E-state index contributed by atoms with van der Waals surface area (Å²) >= 11 is 0. The van der Waals surface area contributed by atoms with Gasteiger partial charge in [-0.05, 0) is 43.1 Å². The van der Waals surface area contributed by atoms with Crippen LogP contribution in [0.25, 0.3) is 0 Å². The van der Waals surface area contributed by atoms with E-state index in [1.165, 1.54) is 6.42 Å². The minimum Gasteiger partial charge on any atom is -0.336 e. The van der Waals surface area contributed by atoms with Crippen molar-refractivity contribution in [2.75, 3.05) is 13.1 Å². The van der Waals surface area contributed by atoms with E-state index < -0.39 is 0 Å². The molecule has 2 aliphatic rings. The first kappa shape index (κ1) is 13.7. The lowest BCUT2D eigenvalue weighted by Gasteiger charge is -2.19. The van der Waals surface area contributed by atoms with Gasteiger partial charge in [-0.2, -0.15) is 5.10 Å². The summed E-state index contributed by atoms with van der Waals surface area (Å²) in [5.41, 5.74) is 2.22. The van der Waals surface area contributed by atoms with Gasteiger partial charge in [0.25, 0.3) is 5.91 Å². The van der Waals surface area contributed by atoms with E-state index in [2.05, 4.69) is 25.9 Å². The predicted octanol–water partition coefficient (Wildman–Crippen LogP) is 2.58. The van der Waals surface area contributed by atoms with Crippen molar-refractivity contribution in [3.8, 4) is 0 Å². The number of hydrogen-bond acceptors (Lipinski definition) is 2. The highest BCUT2D eigenvalue weighted by Crippen LogP contribution is 2.57. The van der Waals surface area contributed by atoms with Crippen LogP contribution in [0.1, 0.15) is 50.3 Å². The van der Waals surface area contributed by atoms with Gasteiger partial charge in [0, 0.05) is 19.6 Å². The van der Waals surface area contributed by atoms with Crippen LogP contribution in [0.3, 0.4) is 0 Å². The molecule has 0 radical (unpaired) electrons. The molecule has 0 N–H and O–H groups in total. The van der Waals surface area contributed by atoms with E-state index in [1.807, 2.05) is 22.6 Å². The van der Waals surface area contributed by atoms with Gasteiger partial charge in [-0.1, -0.05) is 20.8 Å². The number of aromatic nitrogens is 2. The number of carbonyl (C=O) groups is 1. The Balaban J connectivity index is 1.78. The van der Waals surface area contributed by atoms with Gasteiger partial charge in [0.1, 0.15) is 5.69 Å². The number of nitrogens with zero attached hydrogens (tertiary/aromatic N) is 3. The lowest BCUT2D eigenvalue weighted by atomic mass is 10.1. The van der Waals surface area contributed by atoms with Gasteiger partial charge in [0.15, 0.2) is 0 Å². The summed E-state index contributed by atoms with van der Waals surface area (Å²) in [6.07, 6.45) is 2.23. The first-order valence-electron chi connectivity index (χ1n) is 7.79. The van der Waals surface area contributed by atoms with Crippen LogP contribution in [-0.2, 0) is 13.0 Å². The van der Waals surface area contributed by atoms with E-state index in [1.54, 1.807) is 0 Å². The fraction of sp³-hybridized carbons (Fsp3) is 0.750. The zero-order valence-electron chi connectivity index (χ0n) is 13.0. The summed E-state index contributed by atoms with van der Waals surface area (Å²) in [6, 6.07) is 2.00. The molecule has 4 heteroatoms. The van der Waals surface area contributed by atoms with Crippen LogP contribution in [0.15, 0.2) is 6.07 Å². The molecule has 0 aromatic carbocycles. The van der Waals surface area contributed by atoms with E-state index in [4.69, 9.17) is 0 Å². The van der Waals surface area contributed by atoms with E-state index in [9.17, 15) is 4.79 Å². The van der Waals surface area contributed by atoms with Crippen LogP contribution in [-0.4, -0.2) is 33.7 Å². The second-order valence-corrected chi connectivity index (χ2v) is 7.18. The quantitative estimate of drug-likeness (QED) is 0.847. The summed E-state index contributed by atoms with van der Waals surface area (Å²) in [6.45, 7) is 11.3. The minimum atomic E-state index is 0.169. The number of aryl methyl sites for hydroxylation is 1. The van der Waals surface area contributed by atoms with Crippen LogP contribution in [0.5, 0.6) is 0 Å². The number of likely N-dealkylation sites (tertiary alicyclic amines) is 1. The highest BCUT2D eigenvalue weighted by molar-refractivity contribution is 5.93. The third-order valence-corrected chi connectivity index (χ3v) is 4.78. The Morgan fingerprint density at radius 1 is 1.55 bits per heavy atom. The van der Waals surface area contributed by atoms with E-state index >= 15 is 0 Å². The fourth-order valence-corrected chi connectivity index (χ4v) is 3.47. The molecule has 1 aromatic heterocycles. The molecule has 1 saturated carbocycles. The molecule has 1 aliphatic carbocycles. The average Bonchev–Trinajstić information content (AvgIpc) is 2.75. The van der Waals surface area contributed by atoms with Crippen molar-refractivity contribution in [3.05, 3.63) is 17.5 Å². The lowest BCUT2D eigenvalue weighted by molar-refractivity contribution is 0.0754. The van der Waals surface area contributed by atoms with Crippen molar-refractivity contribution in [1.29, 1.82) is 0 Å². The van der Waals surface area contributed by atoms with E-state index in [0.717, 1.165) is 43.4 Å². The maximum Gasteiger partial charge on any atom is 0.272 e. The Kier molecular flexibility index (Phi) is 3.14. The maximum absolute atomic E-state index is 12.7. The van der Waals surface area contributed by atoms with Crippen LogP contribution < -0.4 is 0 Å². The predicted molar refractivity (Wildman–Crippen MR) is 78.6 cm³/mol. The molecule has 4 nitrogen and oxygen atoms in total. The SMILES string of the molecule is CCn1nc(CC(C)C)cc1C(=O)N1CC2CC2(C)C1. The zero-order valence-corrected chi connectivity index (χ0v) is 13.0. The number of hydrogen-bond donors (Lipinski definition) is 0. The molecule has 2 heterocycles. The van der Waals surface area contributed by atoms with Gasteiger partial charge in [0.05, 0.1) is 5.69 Å². The molecule has 1 aliphatic heterocycles. The molecule has 1 saturated heterocycles. The first-order chi connectivity index (χ1) is 9.43. The van der Waals surface area contributed by atoms with Crippen molar-refractivity contribution < 1.29 is 4.79 Å². The molecular formula is C16H25N3O. The molecule has 1 amide bonds. The molecule has 20 heavy (non-hydrogen) atoms. The Hall–Kier alpha value is -1.32. The highest BCUT2D eigenvalue weighted by Gasteiger charge is 2.57. The Morgan fingerprint density at radius 3 is 2.85 bits per heavy atom. The van der Waals surface area contributed by atoms with Gasteiger partial charge in [-0.25, -0.2) is 0 Å². The average molecular weight is 275 g/mol. The van der Waals surface area contributed by atoms with Crippen LogP contribution in [0, 0.1) is 17.3 Å². The summed E-state index contributed by atoms with van der Waals surface area (Å²) in [7, 11) is 0. The third kappa shape index (κ3) is 2.25. The maximum atomic E-state index is 12.7. The third-order valence-electron chi connectivity index (χ3n) is 4.78. The minimum absolute atomic E-state index is 0.169. The zero-order chi connectivity index (χ0) is 14.5. The van der Waals surface area contributed by atoms with E-state index in [-0.39, 0.29) is 5.91 Å². The Labute approximate surface area is 121 Å². The van der Waals surface area contributed by atoms with Gasteiger partial charge in [-0.3, -0.25) is 9.48 Å². The molecule has 110 valence electrons. The largest absolute Gasteiger partial charge is 0.336 e. The van der Waals surface area contributed by atoms with Crippen molar-refractivity contribution in [2.45, 2.75) is 47.1 Å². The molecule has 2 unspecified atom stereocenters. The molecule has 1 aromatic rings. The van der Waals surface area contributed by atoms with Crippen LogP contribution in [0.2, 0.25) is 0 Å². The number of rotatable bonds is 4. The number of fused-ring (bicyclic) bond motifs is 1. The van der Waals surface area contributed by atoms with Gasteiger partial charge in [-0.15, -0.1) is 0 Å². The molecule has 2 fully saturated rings. The number of piperidine rings is 1. The van der Waals surface area contributed by atoms with Crippen molar-refractivity contribution in [3.63, 3.8) is 0 Å². The Morgan fingerprint density at radius 2 is 2.30 bits per heavy atom. The van der Waals surface area contributed by atoms with Crippen LogP contribution in [0.4, 0.5) is 0 Å². The van der Waals surface area contributed by atoms with Crippen LogP contribution >= 0.6 is 0 Å². The molecule has 0 spiro atoms. The topological polar surface area (TPSA) is 38.1 Å². The summed E-state index contributed by atoms with van der Waals surface area (Å²) in [4.78, 5) is 14.7. The number of carbonyl (C=O) groups excluding carboxylic acids is 1. The molecule has 0 bridgehead atoms. The van der Waals surface area contributed by atoms with Crippen molar-refractivity contribution in [1.82, 2.24) is 14.7 Å². The molecule has 3 rings (SSSR count). The van der Waals surface area contributed by atoms with Gasteiger partial charge in [0.2, 0.25) is 0 Å². The van der Waals surface area contributed by atoms with Crippen molar-refractivity contribution >= 4 is 5.91 Å². The summed E-state index contributed by atoms with van der Waals surface area (Å²) in [5, 5.41) is 4.58. The fourth-order valence-electron chi connectivity index (χ4n) is 3.47. The standard InChI is InChI=1S/C16H25N3O/c1-5-19-14(7-13(17-19)6-11(2)3)15(20)18-9-12-8-16(12,4)10-18/h7,11-12H,5-6,8-10H2,1-4H3. The second kappa shape index (κ2) is 4.61. The van der Waals surface area contributed by atoms with Gasteiger partial charge >= 0.3 is 0 Å². The second-order valence-electron chi connectivity index (χ2n) is 7.18. The summed E-state index contributed by atoms with van der Waals surface area (Å²) < 4.78 is 1.87. The highest BCUT2D eigenvalue weighted by atomic mass is 16.2. The first-order valence-corrected chi connectivity index (χ1v) is 7.79. The van der Waals surface area contributed by atoms with Gasteiger partial charge < -0.3 is 4.90 Å². The molecular weight excluding hydrogens is 250 g/mol. The normalized spacial score (nSPS) is 28.1. The van der Waals surface area contributed by atoms with E-state index in [0.29, 0.717) is 11.3 Å². The lowest BCUT2D eigenvalue weighted by Crippen LogP contribution is -2.33.